The molecule has 0 saturated heterocycles. The van der Waals surface area contributed by atoms with Gasteiger partial charge in [-0.2, -0.15) is 0 Å². The van der Waals surface area contributed by atoms with Crippen LogP contribution in [0, 0.1) is 12.3 Å². The molecule has 29 heavy (non-hydrogen) atoms. The lowest BCUT2D eigenvalue weighted by atomic mass is 9.92. The summed E-state index contributed by atoms with van der Waals surface area (Å²) in [6, 6.07) is 11.3. The molecule has 1 N–H and O–H groups in total. The molecule has 3 aromatic rings. The van der Waals surface area contributed by atoms with Gasteiger partial charge in [0, 0.05) is 26.0 Å². The molecule has 1 aromatic carbocycles. The highest BCUT2D eigenvalue weighted by Crippen LogP contribution is 2.23. The van der Waals surface area contributed by atoms with Crippen LogP contribution in [0.5, 0.6) is 0 Å². The highest BCUT2D eigenvalue weighted by atomic mass is 16.5. The first-order valence-electron chi connectivity index (χ1n) is 9.27. The molecule has 0 unspecified atom stereocenters. The summed E-state index contributed by atoms with van der Waals surface area (Å²) in [6.45, 7) is 4.64. The predicted octanol–water partition coefficient (Wildman–Crippen LogP) is 3.27. The van der Waals surface area contributed by atoms with Crippen molar-refractivity contribution < 1.29 is 14.3 Å². The fourth-order valence-corrected chi connectivity index (χ4v) is 3.28. The molecule has 3 rings (SSSR count). The van der Waals surface area contributed by atoms with E-state index < -0.39 is 5.54 Å². The van der Waals surface area contributed by atoms with Crippen molar-refractivity contribution in [2.45, 2.75) is 32.6 Å². The number of nitrogens with one attached hydrogen (secondary N) is 1. The van der Waals surface area contributed by atoms with Crippen LogP contribution in [-0.4, -0.2) is 29.5 Å². The zero-order chi connectivity index (χ0) is 21.0. The topological polar surface area (TPSA) is 64.9 Å². The van der Waals surface area contributed by atoms with Crippen molar-refractivity contribution in [2.75, 3.05) is 14.2 Å². The third kappa shape index (κ3) is 4.32. The Hall–Kier alpha value is -3.14. The second kappa shape index (κ2) is 8.48. The minimum Gasteiger partial charge on any atom is -0.378 e. The van der Waals surface area contributed by atoms with E-state index in [1.165, 1.54) is 0 Å². The molecule has 6 heteroatoms. The molecule has 2 aromatic heterocycles. The van der Waals surface area contributed by atoms with Crippen molar-refractivity contribution in [3.63, 3.8) is 0 Å². The molecule has 0 aliphatic carbocycles. The molecule has 0 radical (unpaired) electrons. The first-order chi connectivity index (χ1) is 13.9. The van der Waals surface area contributed by atoms with Gasteiger partial charge in [-0.05, 0) is 43.7 Å². The molecule has 150 valence electrons. The zero-order valence-corrected chi connectivity index (χ0v) is 17.2. The Kier molecular flexibility index (Phi) is 6.02. The van der Waals surface area contributed by atoms with E-state index in [0.717, 1.165) is 22.5 Å². The highest BCUT2D eigenvalue weighted by Gasteiger charge is 2.25. The van der Waals surface area contributed by atoms with Crippen LogP contribution < -0.4 is 5.32 Å². The predicted molar refractivity (Wildman–Crippen MR) is 111 cm³/mol. The number of fused-ring (bicyclic) bond motifs is 1. The molecular weight excluding hydrogens is 366 g/mol. The van der Waals surface area contributed by atoms with Gasteiger partial charge in [0.1, 0.15) is 5.65 Å². The van der Waals surface area contributed by atoms with Crippen LogP contribution in [0.3, 0.4) is 0 Å². The number of benzene rings is 1. The number of aromatic nitrogens is 2. The van der Waals surface area contributed by atoms with E-state index in [4.69, 9.17) is 15.9 Å². The molecule has 0 aliphatic heterocycles. The van der Waals surface area contributed by atoms with Crippen LogP contribution in [0.4, 0.5) is 0 Å². The number of amides is 1. The Morgan fingerprint density at radius 3 is 2.66 bits per heavy atom. The molecule has 0 spiro atoms. The minimum atomic E-state index is -0.613. The van der Waals surface area contributed by atoms with Gasteiger partial charge in [0.15, 0.2) is 0 Å². The van der Waals surface area contributed by atoms with Crippen LogP contribution in [0.2, 0.25) is 0 Å². The molecule has 2 heterocycles. The van der Waals surface area contributed by atoms with Gasteiger partial charge in [0.05, 0.1) is 35.7 Å². The quantitative estimate of drug-likeness (QED) is 0.628. The summed E-state index contributed by atoms with van der Waals surface area (Å²) in [6.07, 6.45) is 7.34. The molecule has 0 bridgehead atoms. The maximum atomic E-state index is 13.1. The third-order valence-electron chi connectivity index (χ3n) is 4.76. The monoisotopic (exact) mass is 391 g/mol. The summed E-state index contributed by atoms with van der Waals surface area (Å²) >= 11 is 0. The van der Waals surface area contributed by atoms with Gasteiger partial charge < -0.3 is 19.2 Å². The fourth-order valence-electron chi connectivity index (χ4n) is 3.28. The SMILES string of the molecule is C#Cc1cccc(C(C)(C)NC(=O)c2ccn3c(COC)cc(COC)nc23)c1. The van der Waals surface area contributed by atoms with Crippen LogP contribution in [0.1, 0.15) is 46.7 Å². The number of carbonyl (C=O) groups excluding carboxylic acids is 1. The van der Waals surface area contributed by atoms with E-state index in [2.05, 4.69) is 16.2 Å². The number of hydrogen-bond donors (Lipinski definition) is 1. The fraction of sp³-hybridized carbons (Fsp3) is 0.304. The van der Waals surface area contributed by atoms with Gasteiger partial charge in [-0.15, -0.1) is 6.42 Å². The van der Waals surface area contributed by atoms with Crippen molar-refractivity contribution in [2.24, 2.45) is 0 Å². The Bertz CT molecular complexity index is 1080. The summed E-state index contributed by atoms with van der Waals surface area (Å²) in [4.78, 5) is 17.7. The number of rotatable bonds is 7. The molecule has 1 amide bonds. The number of hydrogen-bond acceptors (Lipinski definition) is 4. The molecule has 0 fully saturated rings. The number of nitrogens with zero attached hydrogens (tertiary/aromatic N) is 2. The van der Waals surface area contributed by atoms with E-state index in [1.54, 1.807) is 20.3 Å². The number of ether oxygens (including phenoxy) is 2. The Morgan fingerprint density at radius 2 is 1.97 bits per heavy atom. The largest absolute Gasteiger partial charge is 0.378 e. The van der Waals surface area contributed by atoms with E-state index >= 15 is 0 Å². The van der Waals surface area contributed by atoms with Gasteiger partial charge in [-0.1, -0.05) is 18.1 Å². The summed E-state index contributed by atoms with van der Waals surface area (Å²) in [7, 11) is 3.24. The van der Waals surface area contributed by atoms with Gasteiger partial charge in [0.2, 0.25) is 0 Å². The number of terminal acetylenes is 1. The van der Waals surface area contributed by atoms with E-state index in [-0.39, 0.29) is 5.91 Å². The molecular formula is C23H25N3O3. The summed E-state index contributed by atoms with van der Waals surface area (Å²) < 4.78 is 12.4. The van der Waals surface area contributed by atoms with Gasteiger partial charge in [-0.25, -0.2) is 4.98 Å². The van der Waals surface area contributed by atoms with Crippen LogP contribution in [-0.2, 0) is 28.2 Å². The van der Waals surface area contributed by atoms with Gasteiger partial charge in [-0.3, -0.25) is 4.79 Å². The van der Waals surface area contributed by atoms with Crippen molar-refractivity contribution in [1.82, 2.24) is 14.7 Å². The number of carbonyl (C=O) groups is 1. The Morgan fingerprint density at radius 1 is 1.21 bits per heavy atom. The standard InChI is InChI=1S/C23H25N3O3/c1-6-16-8-7-9-17(12-16)23(2,3)25-22(27)20-10-11-26-19(15-29-5)13-18(14-28-4)24-21(20)26/h1,7-13H,14-15H2,2-5H3,(H,25,27). The lowest BCUT2D eigenvalue weighted by molar-refractivity contribution is 0.0913. The highest BCUT2D eigenvalue weighted by molar-refractivity contribution is 6.00. The second-order valence-electron chi connectivity index (χ2n) is 7.33. The maximum Gasteiger partial charge on any atom is 0.255 e. The zero-order valence-electron chi connectivity index (χ0n) is 17.2. The van der Waals surface area contributed by atoms with Crippen LogP contribution in [0.15, 0.2) is 42.6 Å². The molecule has 6 nitrogen and oxygen atoms in total. The van der Waals surface area contributed by atoms with Gasteiger partial charge >= 0.3 is 0 Å². The van der Waals surface area contributed by atoms with Crippen molar-refractivity contribution >= 4 is 11.6 Å². The lowest BCUT2D eigenvalue weighted by Crippen LogP contribution is -2.41. The molecule has 0 aliphatic rings. The summed E-state index contributed by atoms with van der Waals surface area (Å²) in [5.41, 5.74) is 3.77. The molecule has 0 atom stereocenters. The average molecular weight is 391 g/mol. The van der Waals surface area contributed by atoms with E-state index in [9.17, 15) is 4.79 Å². The second-order valence-corrected chi connectivity index (χ2v) is 7.33. The first kappa shape index (κ1) is 20.6. The van der Waals surface area contributed by atoms with Crippen LogP contribution >= 0.6 is 0 Å². The van der Waals surface area contributed by atoms with Crippen molar-refractivity contribution in [3.8, 4) is 12.3 Å². The number of methoxy groups -OCH3 is 2. The van der Waals surface area contributed by atoms with Crippen molar-refractivity contribution in [1.29, 1.82) is 0 Å². The van der Waals surface area contributed by atoms with E-state index in [1.807, 2.05) is 54.8 Å². The maximum absolute atomic E-state index is 13.1. The van der Waals surface area contributed by atoms with Crippen LogP contribution in [0.25, 0.3) is 5.65 Å². The Balaban J connectivity index is 1.97. The lowest BCUT2D eigenvalue weighted by Gasteiger charge is -2.27. The van der Waals surface area contributed by atoms with Gasteiger partial charge in [0.25, 0.3) is 5.91 Å². The van der Waals surface area contributed by atoms with Crippen molar-refractivity contribution in [3.05, 3.63) is 70.7 Å². The van der Waals surface area contributed by atoms with E-state index in [0.29, 0.717) is 24.4 Å². The smallest absolute Gasteiger partial charge is 0.255 e. The molecule has 0 saturated carbocycles. The summed E-state index contributed by atoms with van der Waals surface area (Å²) in [5, 5.41) is 3.10. The first-order valence-corrected chi connectivity index (χ1v) is 9.27. The average Bonchev–Trinajstić information content (AvgIpc) is 3.12. The summed E-state index contributed by atoms with van der Waals surface area (Å²) in [5.74, 6) is 2.42. The minimum absolute atomic E-state index is 0.214. The normalized spacial score (nSPS) is 11.4. The third-order valence-corrected chi connectivity index (χ3v) is 4.76. The Labute approximate surface area is 170 Å².